The normalized spacial score (nSPS) is 14.4. The lowest BCUT2D eigenvalue weighted by Gasteiger charge is -2.28. The molecule has 0 N–H and O–H groups in total. The Kier molecular flexibility index (Phi) is 5.72. The Hall–Kier alpha value is -4.41. The number of benzene rings is 3. The summed E-state index contributed by atoms with van der Waals surface area (Å²) < 4.78 is 9.83. The van der Waals surface area contributed by atoms with Crippen LogP contribution in [0.25, 0.3) is 39.1 Å². The molecule has 0 atom stereocenters. The third-order valence-corrected chi connectivity index (χ3v) is 6.74. The molecule has 0 unspecified atom stereocenters. The second-order valence-electron chi connectivity index (χ2n) is 8.80. The summed E-state index contributed by atoms with van der Waals surface area (Å²) in [5.74, 6) is 1.25. The van der Waals surface area contributed by atoms with Gasteiger partial charge in [-0.3, -0.25) is 4.57 Å². The molecule has 0 radical (unpaired) electrons. The number of fused-ring (bicyclic) bond motifs is 3. The van der Waals surface area contributed by atoms with Gasteiger partial charge >= 0.3 is 0 Å². The van der Waals surface area contributed by atoms with Crippen LogP contribution in [-0.2, 0) is 11.3 Å². The van der Waals surface area contributed by atoms with E-state index in [9.17, 15) is 5.26 Å². The summed E-state index contributed by atoms with van der Waals surface area (Å²) >= 11 is 0. The van der Waals surface area contributed by atoms with Gasteiger partial charge < -0.3 is 14.2 Å². The summed E-state index contributed by atoms with van der Waals surface area (Å²) in [5, 5.41) is 21.6. The molecule has 1 aliphatic rings. The fourth-order valence-corrected chi connectivity index (χ4v) is 5.05. The molecule has 1 fully saturated rings. The number of aromatic nitrogens is 4. The Morgan fingerprint density at radius 2 is 1.69 bits per heavy atom. The maximum atomic E-state index is 10.2. The summed E-state index contributed by atoms with van der Waals surface area (Å²) in [6, 6.07) is 27.2. The van der Waals surface area contributed by atoms with Gasteiger partial charge in [-0.1, -0.05) is 42.5 Å². The number of nitrogens with zero attached hydrogens (tertiary/aromatic N) is 6. The van der Waals surface area contributed by atoms with Gasteiger partial charge in [-0.2, -0.15) is 5.26 Å². The first-order valence-corrected chi connectivity index (χ1v) is 12.2. The smallest absolute Gasteiger partial charge is 0.232 e. The fourth-order valence-electron chi connectivity index (χ4n) is 5.05. The molecular formula is C29H26N6O. The van der Waals surface area contributed by atoms with E-state index in [-0.39, 0.29) is 0 Å². The van der Waals surface area contributed by atoms with E-state index in [1.54, 1.807) is 0 Å². The van der Waals surface area contributed by atoms with Crippen molar-refractivity contribution in [2.24, 2.45) is 0 Å². The number of morpholine rings is 1. The SMILES string of the molecule is CCn1c2ccccc2c2cc(/C=C(\C#N)c3nnc(N4CCOCC4)n3-c3ccccc3)ccc21. The third-order valence-electron chi connectivity index (χ3n) is 6.74. The quantitative estimate of drug-likeness (QED) is 0.324. The second kappa shape index (κ2) is 9.33. The van der Waals surface area contributed by atoms with Crippen LogP contribution in [0, 0.1) is 11.3 Å². The van der Waals surface area contributed by atoms with Crippen LogP contribution < -0.4 is 4.90 Å². The highest BCUT2D eigenvalue weighted by Gasteiger charge is 2.23. The van der Waals surface area contributed by atoms with Gasteiger partial charge in [0.2, 0.25) is 5.95 Å². The predicted octanol–water partition coefficient (Wildman–Crippen LogP) is 5.30. The maximum absolute atomic E-state index is 10.2. The molecule has 5 aromatic rings. The number of rotatable bonds is 5. The van der Waals surface area contributed by atoms with Crippen LogP contribution in [0.1, 0.15) is 18.3 Å². The number of ether oxygens (including phenoxy) is 1. The van der Waals surface area contributed by atoms with Crippen LogP contribution in [0.5, 0.6) is 0 Å². The van der Waals surface area contributed by atoms with Crippen molar-refractivity contribution in [2.75, 3.05) is 31.2 Å². The minimum absolute atomic E-state index is 0.462. The standard InChI is InChI=1S/C29H26N6O/c1-2-34-26-11-7-6-10-24(26)25-19-21(12-13-27(25)34)18-22(20-30)28-31-32-29(33-14-16-36-17-15-33)35(28)23-8-4-3-5-9-23/h3-13,18-19H,2,14-17H2,1H3/b22-18+. The van der Waals surface area contributed by atoms with Crippen LogP contribution in [0.2, 0.25) is 0 Å². The van der Waals surface area contributed by atoms with Gasteiger partial charge in [0.05, 0.1) is 24.5 Å². The lowest BCUT2D eigenvalue weighted by molar-refractivity contribution is 0.122. The van der Waals surface area contributed by atoms with Crippen molar-refractivity contribution in [3.05, 3.63) is 84.2 Å². The highest BCUT2D eigenvalue weighted by molar-refractivity contribution is 6.09. The molecule has 7 heteroatoms. The van der Waals surface area contributed by atoms with Gasteiger partial charge in [-0.05, 0) is 48.9 Å². The van der Waals surface area contributed by atoms with E-state index in [1.165, 1.54) is 21.8 Å². The van der Waals surface area contributed by atoms with Crippen molar-refractivity contribution < 1.29 is 4.74 Å². The van der Waals surface area contributed by atoms with E-state index < -0.39 is 0 Å². The highest BCUT2D eigenvalue weighted by atomic mass is 16.5. The molecule has 0 saturated carbocycles. The minimum atomic E-state index is 0.462. The van der Waals surface area contributed by atoms with Crippen LogP contribution in [0.15, 0.2) is 72.8 Å². The van der Waals surface area contributed by atoms with Gasteiger partial charge in [-0.25, -0.2) is 0 Å². The molecular weight excluding hydrogens is 448 g/mol. The molecule has 2 aromatic heterocycles. The van der Waals surface area contributed by atoms with E-state index in [1.807, 2.05) is 41.0 Å². The third kappa shape index (κ3) is 3.72. The van der Waals surface area contributed by atoms with Gasteiger partial charge in [0.1, 0.15) is 6.07 Å². The summed E-state index contributed by atoms with van der Waals surface area (Å²) in [5.41, 5.74) is 4.74. The van der Waals surface area contributed by atoms with Crippen LogP contribution >= 0.6 is 0 Å². The maximum Gasteiger partial charge on any atom is 0.232 e. The molecule has 0 amide bonds. The molecule has 0 bridgehead atoms. The number of para-hydroxylation sites is 2. The molecule has 0 aliphatic carbocycles. The first-order chi connectivity index (χ1) is 17.8. The number of anilines is 1. The van der Waals surface area contributed by atoms with Crippen molar-refractivity contribution >= 4 is 39.4 Å². The molecule has 6 rings (SSSR count). The van der Waals surface area contributed by atoms with E-state index in [2.05, 4.69) is 75.1 Å². The molecule has 36 heavy (non-hydrogen) atoms. The Bertz CT molecular complexity index is 1620. The Labute approximate surface area is 209 Å². The van der Waals surface area contributed by atoms with E-state index in [4.69, 9.17) is 4.74 Å². The predicted molar refractivity (Wildman–Crippen MR) is 143 cm³/mol. The molecule has 1 aliphatic heterocycles. The number of aryl methyl sites for hydroxylation is 1. The van der Waals surface area contributed by atoms with Crippen molar-refractivity contribution in [3.63, 3.8) is 0 Å². The average molecular weight is 475 g/mol. The monoisotopic (exact) mass is 474 g/mol. The van der Waals surface area contributed by atoms with Crippen LogP contribution in [0.4, 0.5) is 5.95 Å². The zero-order valence-electron chi connectivity index (χ0n) is 20.1. The topological polar surface area (TPSA) is 71.9 Å². The van der Waals surface area contributed by atoms with Crippen molar-refractivity contribution in [2.45, 2.75) is 13.5 Å². The molecule has 7 nitrogen and oxygen atoms in total. The van der Waals surface area contributed by atoms with Crippen molar-refractivity contribution in [1.29, 1.82) is 5.26 Å². The van der Waals surface area contributed by atoms with E-state index in [0.29, 0.717) is 24.6 Å². The molecule has 3 aromatic carbocycles. The number of hydrogen-bond donors (Lipinski definition) is 0. The molecule has 3 heterocycles. The Balaban J connectivity index is 1.49. The zero-order valence-corrected chi connectivity index (χ0v) is 20.1. The lowest BCUT2D eigenvalue weighted by Crippen LogP contribution is -2.38. The van der Waals surface area contributed by atoms with Crippen molar-refractivity contribution in [1.82, 2.24) is 19.3 Å². The van der Waals surface area contributed by atoms with Crippen LogP contribution in [0.3, 0.4) is 0 Å². The summed E-state index contributed by atoms with van der Waals surface area (Å²) in [6.07, 6.45) is 1.91. The number of hydrogen-bond acceptors (Lipinski definition) is 5. The number of nitriles is 1. The van der Waals surface area contributed by atoms with Crippen LogP contribution in [-0.4, -0.2) is 45.6 Å². The number of allylic oxidation sites excluding steroid dienone is 1. The van der Waals surface area contributed by atoms with Gasteiger partial charge in [0, 0.05) is 41.4 Å². The molecule has 1 saturated heterocycles. The van der Waals surface area contributed by atoms with Gasteiger partial charge in [-0.15, -0.1) is 10.2 Å². The zero-order chi connectivity index (χ0) is 24.5. The largest absolute Gasteiger partial charge is 0.378 e. The minimum Gasteiger partial charge on any atom is -0.378 e. The Morgan fingerprint density at radius 3 is 2.47 bits per heavy atom. The molecule has 0 spiro atoms. The second-order valence-corrected chi connectivity index (χ2v) is 8.80. The van der Waals surface area contributed by atoms with E-state index in [0.717, 1.165) is 36.8 Å². The van der Waals surface area contributed by atoms with Crippen molar-refractivity contribution in [3.8, 4) is 11.8 Å². The average Bonchev–Trinajstić information content (AvgIpc) is 3.52. The summed E-state index contributed by atoms with van der Waals surface area (Å²) in [4.78, 5) is 2.16. The first-order valence-electron chi connectivity index (χ1n) is 12.2. The Morgan fingerprint density at radius 1 is 0.944 bits per heavy atom. The van der Waals surface area contributed by atoms with E-state index >= 15 is 0 Å². The lowest BCUT2D eigenvalue weighted by atomic mass is 10.1. The summed E-state index contributed by atoms with van der Waals surface area (Å²) in [6.45, 7) is 5.80. The first kappa shape index (κ1) is 22.1. The van der Waals surface area contributed by atoms with Gasteiger partial charge in [0.25, 0.3) is 0 Å². The molecule has 178 valence electrons. The summed E-state index contributed by atoms with van der Waals surface area (Å²) in [7, 11) is 0. The highest BCUT2D eigenvalue weighted by Crippen LogP contribution is 2.31. The fraction of sp³-hybridized carbons (Fsp3) is 0.207. The van der Waals surface area contributed by atoms with Gasteiger partial charge in [0.15, 0.2) is 5.82 Å².